The zero-order valence-electron chi connectivity index (χ0n) is 13.8. The predicted octanol–water partition coefficient (Wildman–Crippen LogP) is 2.88. The van der Waals surface area contributed by atoms with E-state index in [1.807, 2.05) is 0 Å². The van der Waals surface area contributed by atoms with E-state index in [1.165, 1.54) is 12.8 Å². The number of amides is 1. The molecule has 0 radical (unpaired) electrons. The van der Waals surface area contributed by atoms with Gasteiger partial charge < -0.3 is 15.8 Å². The maximum absolute atomic E-state index is 11.9. The fraction of sp³-hybridized carbons (Fsp3) is 0.938. The zero-order chi connectivity index (χ0) is 15.0. The molecule has 0 saturated heterocycles. The molecular weight excluding hydrogens is 288 g/mol. The van der Waals surface area contributed by atoms with Gasteiger partial charge in [0.1, 0.15) is 0 Å². The molecule has 3 N–H and O–H groups in total. The van der Waals surface area contributed by atoms with Crippen LogP contribution in [0.4, 0.5) is 0 Å². The number of carbonyl (C=O) groups is 1. The number of halogens is 1. The largest absolute Gasteiger partial charge is 0.378 e. The molecule has 0 aromatic carbocycles. The number of nitrogens with one attached hydrogen (secondary N) is 1. The van der Waals surface area contributed by atoms with Crippen molar-refractivity contribution in [2.24, 2.45) is 17.6 Å². The summed E-state index contributed by atoms with van der Waals surface area (Å²) < 4.78 is 5.68. The van der Waals surface area contributed by atoms with E-state index in [2.05, 4.69) is 26.1 Å². The molecule has 4 nitrogen and oxygen atoms in total. The van der Waals surface area contributed by atoms with Crippen molar-refractivity contribution in [1.29, 1.82) is 0 Å². The number of carbonyl (C=O) groups excluding carboxylic acids is 1. The summed E-state index contributed by atoms with van der Waals surface area (Å²) >= 11 is 0. The fourth-order valence-corrected chi connectivity index (χ4v) is 3.04. The second kappa shape index (κ2) is 11.3. The molecule has 0 aromatic heterocycles. The Morgan fingerprint density at radius 2 is 1.95 bits per heavy atom. The number of rotatable bonds is 8. The van der Waals surface area contributed by atoms with Crippen LogP contribution in [0.25, 0.3) is 0 Å². The molecule has 5 heteroatoms. The Balaban J connectivity index is 0.00000400. The van der Waals surface area contributed by atoms with Gasteiger partial charge in [-0.05, 0) is 44.6 Å². The van der Waals surface area contributed by atoms with Crippen molar-refractivity contribution in [1.82, 2.24) is 5.32 Å². The Morgan fingerprint density at radius 1 is 1.29 bits per heavy atom. The van der Waals surface area contributed by atoms with Gasteiger partial charge in [0.05, 0.1) is 12.7 Å². The molecule has 1 amide bonds. The number of hydrogen-bond acceptors (Lipinski definition) is 3. The van der Waals surface area contributed by atoms with Gasteiger partial charge in [0.2, 0.25) is 5.91 Å². The Bertz CT molecular complexity index is 287. The first kappa shape index (κ1) is 20.7. The number of ether oxygens (including phenoxy) is 1. The van der Waals surface area contributed by atoms with Crippen LogP contribution in [0, 0.1) is 11.8 Å². The van der Waals surface area contributed by atoms with Crippen LogP contribution in [0.3, 0.4) is 0 Å². The lowest BCUT2D eigenvalue weighted by atomic mass is 9.84. The average Bonchev–Trinajstić information content (AvgIpc) is 2.38. The van der Waals surface area contributed by atoms with Crippen molar-refractivity contribution in [2.75, 3.05) is 13.2 Å². The molecule has 126 valence electrons. The maximum Gasteiger partial charge on any atom is 0.222 e. The van der Waals surface area contributed by atoms with Crippen molar-refractivity contribution in [2.45, 2.75) is 71.4 Å². The first-order valence-corrected chi connectivity index (χ1v) is 8.14. The first-order chi connectivity index (χ1) is 9.52. The fourth-order valence-electron chi connectivity index (χ4n) is 3.04. The van der Waals surface area contributed by atoms with Crippen molar-refractivity contribution >= 4 is 18.3 Å². The molecule has 0 aromatic rings. The summed E-state index contributed by atoms with van der Waals surface area (Å²) in [5.41, 5.74) is 5.78. The van der Waals surface area contributed by atoms with E-state index in [-0.39, 0.29) is 30.5 Å². The van der Waals surface area contributed by atoms with Crippen LogP contribution in [0.15, 0.2) is 0 Å². The maximum atomic E-state index is 11.9. The minimum Gasteiger partial charge on any atom is -0.378 e. The van der Waals surface area contributed by atoms with Crippen LogP contribution in [0.1, 0.15) is 59.3 Å². The zero-order valence-corrected chi connectivity index (χ0v) is 14.6. The lowest BCUT2D eigenvalue weighted by molar-refractivity contribution is -0.123. The Kier molecular flexibility index (Phi) is 11.1. The third-order valence-corrected chi connectivity index (χ3v) is 4.09. The molecule has 0 spiro atoms. The van der Waals surface area contributed by atoms with E-state index >= 15 is 0 Å². The minimum absolute atomic E-state index is 0. The predicted molar refractivity (Wildman–Crippen MR) is 89.7 cm³/mol. The Labute approximate surface area is 136 Å². The van der Waals surface area contributed by atoms with E-state index in [0.717, 1.165) is 19.3 Å². The quantitative estimate of drug-likeness (QED) is 0.722. The van der Waals surface area contributed by atoms with E-state index in [1.54, 1.807) is 0 Å². The Morgan fingerprint density at radius 3 is 2.57 bits per heavy atom. The smallest absolute Gasteiger partial charge is 0.222 e. The molecule has 3 atom stereocenters. The molecule has 0 bridgehead atoms. The molecule has 1 fully saturated rings. The molecule has 1 saturated carbocycles. The average molecular weight is 321 g/mol. The standard InChI is InChI=1S/C16H32N2O2.ClH/c1-12(2)10-13(3)20-9-8-16(19)18-15-7-5-4-6-14(15)11-17;/h12-15H,4-11,17H2,1-3H3,(H,18,19);1H. The van der Waals surface area contributed by atoms with Crippen LogP contribution in [0.5, 0.6) is 0 Å². The SMILES string of the molecule is CC(C)CC(C)OCCC(=O)NC1CCCCC1CN.Cl. The van der Waals surface area contributed by atoms with Gasteiger partial charge in [-0.15, -0.1) is 12.4 Å². The second-order valence-electron chi connectivity index (χ2n) is 6.52. The summed E-state index contributed by atoms with van der Waals surface area (Å²) in [5.74, 6) is 1.19. The van der Waals surface area contributed by atoms with E-state index < -0.39 is 0 Å². The highest BCUT2D eigenvalue weighted by Gasteiger charge is 2.25. The monoisotopic (exact) mass is 320 g/mol. The lowest BCUT2D eigenvalue weighted by Crippen LogP contribution is -2.45. The van der Waals surface area contributed by atoms with Crippen molar-refractivity contribution in [3.63, 3.8) is 0 Å². The van der Waals surface area contributed by atoms with E-state index in [0.29, 0.717) is 31.4 Å². The van der Waals surface area contributed by atoms with Crippen LogP contribution < -0.4 is 11.1 Å². The summed E-state index contributed by atoms with van der Waals surface area (Å²) in [5, 5.41) is 3.14. The Hall–Kier alpha value is -0.320. The van der Waals surface area contributed by atoms with E-state index in [4.69, 9.17) is 10.5 Å². The highest BCUT2D eigenvalue weighted by Crippen LogP contribution is 2.23. The van der Waals surface area contributed by atoms with Crippen molar-refractivity contribution in [3.05, 3.63) is 0 Å². The van der Waals surface area contributed by atoms with Gasteiger partial charge in [0.25, 0.3) is 0 Å². The molecule has 3 unspecified atom stereocenters. The van der Waals surface area contributed by atoms with Gasteiger partial charge in [-0.1, -0.05) is 26.7 Å². The molecule has 1 aliphatic carbocycles. The molecule has 1 aliphatic rings. The van der Waals surface area contributed by atoms with Crippen LogP contribution in [-0.4, -0.2) is 31.2 Å². The third-order valence-electron chi connectivity index (χ3n) is 4.09. The van der Waals surface area contributed by atoms with Gasteiger partial charge in [-0.2, -0.15) is 0 Å². The molecular formula is C16H33ClN2O2. The molecule has 0 heterocycles. The summed E-state index contributed by atoms with van der Waals surface area (Å²) in [6.07, 6.45) is 6.37. The van der Waals surface area contributed by atoms with Gasteiger partial charge in [-0.25, -0.2) is 0 Å². The van der Waals surface area contributed by atoms with Crippen LogP contribution in [0.2, 0.25) is 0 Å². The summed E-state index contributed by atoms with van der Waals surface area (Å²) in [4.78, 5) is 11.9. The lowest BCUT2D eigenvalue weighted by Gasteiger charge is -2.31. The van der Waals surface area contributed by atoms with Gasteiger partial charge >= 0.3 is 0 Å². The molecule has 21 heavy (non-hydrogen) atoms. The first-order valence-electron chi connectivity index (χ1n) is 8.14. The normalized spacial score (nSPS) is 23.5. The third kappa shape index (κ3) is 8.64. The van der Waals surface area contributed by atoms with Gasteiger partial charge in [0, 0.05) is 12.5 Å². The highest BCUT2D eigenvalue weighted by molar-refractivity contribution is 5.85. The highest BCUT2D eigenvalue weighted by atomic mass is 35.5. The van der Waals surface area contributed by atoms with Crippen molar-refractivity contribution in [3.8, 4) is 0 Å². The van der Waals surface area contributed by atoms with E-state index in [9.17, 15) is 4.79 Å². The summed E-state index contributed by atoms with van der Waals surface area (Å²) in [6.45, 7) is 7.63. The van der Waals surface area contributed by atoms with Crippen molar-refractivity contribution < 1.29 is 9.53 Å². The number of nitrogens with two attached hydrogens (primary N) is 1. The van der Waals surface area contributed by atoms with Gasteiger partial charge in [-0.3, -0.25) is 4.79 Å². The molecule has 1 rings (SSSR count). The topological polar surface area (TPSA) is 64.3 Å². The van der Waals surface area contributed by atoms with Gasteiger partial charge in [0.15, 0.2) is 0 Å². The van der Waals surface area contributed by atoms with Crippen LogP contribution in [-0.2, 0) is 9.53 Å². The summed E-state index contributed by atoms with van der Waals surface area (Å²) in [6, 6.07) is 0.273. The molecule has 0 aliphatic heterocycles. The summed E-state index contributed by atoms with van der Waals surface area (Å²) in [7, 11) is 0. The second-order valence-corrected chi connectivity index (χ2v) is 6.52. The van der Waals surface area contributed by atoms with Crippen LogP contribution >= 0.6 is 12.4 Å². The number of hydrogen-bond donors (Lipinski definition) is 2. The minimum atomic E-state index is 0.